The minimum Gasteiger partial charge on any atom is -0.379 e. The van der Waals surface area contributed by atoms with Crippen molar-refractivity contribution in [3.05, 3.63) is 21.9 Å². The highest BCUT2D eigenvalue weighted by molar-refractivity contribution is 14.0. The Morgan fingerprint density at radius 2 is 1.97 bits per heavy atom. The number of aliphatic imine (C=N–C) groups is 1. The summed E-state index contributed by atoms with van der Waals surface area (Å²) in [6.45, 7) is 8.43. The molecule has 2 aliphatic heterocycles. The molecule has 1 unspecified atom stereocenters. The van der Waals surface area contributed by atoms with Crippen LogP contribution in [0.5, 0.6) is 0 Å². The standard InChI is InChI=1S/C21H35N5O2S.HI/c1-16-4-5-19(29-16)18(25-10-12-28-13-11-25)15-24-21(23-3)26-8-6-17(7-9-26)14-20(27)22-2;/h4-5,17-18H,6-15H2,1-3H3,(H,22,27)(H,23,24);1H. The first kappa shape index (κ1) is 25.4. The van der Waals surface area contributed by atoms with Crippen LogP contribution in [0.3, 0.4) is 0 Å². The molecule has 2 N–H and O–H groups in total. The number of hydrogen-bond donors (Lipinski definition) is 2. The van der Waals surface area contributed by atoms with Crippen LogP contribution in [0.25, 0.3) is 0 Å². The average Bonchev–Trinajstić information content (AvgIpc) is 3.18. The largest absolute Gasteiger partial charge is 0.379 e. The van der Waals surface area contributed by atoms with Gasteiger partial charge in [-0.25, -0.2) is 0 Å². The van der Waals surface area contributed by atoms with Crippen LogP contribution in [-0.2, 0) is 9.53 Å². The Labute approximate surface area is 201 Å². The number of guanidine groups is 1. The fraction of sp³-hybridized carbons (Fsp3) is 0.714. The molecule has 1 aromatic rings. The molecule has 0 saturated carbocycles. The van der Waals surface area contributed by atoms with Crippen LogP contribution in [0.4, 0.5) is 0 Å². The average molecular weight is 550 g/mol. The molecule has 0 aromatic carbocycles. The van der Waals surface area contributed by atoms with Crippen molar-refractivity contribution in [1.82, 2.24) is 20.4 Å². The van der Waals surface area contributed by atoms with Crippen molar-refractivity contribution >= 4 is 47.2 Å². The van der Waals surface area contributed by atoms with Crippen LogP contribution in [0.15, 0.2) is 17.1 Å². The number of carbonyl (C=O) groups excluding carboxylic acids is 1. The fourth-order valence-electron chi connectivity index (χ4n) is 4.16. The summed E-state index contributed by atoms with van der Waals surface area (Å²) in [5.74, 6) is 1.58. The zero-order valence-electron chi connectivity index (χ0n) is 18.4. The molecule has 1 aromatic heterocycles. The smallest absolute Gasteiger partial charge is 0.220 e. The number of halogens is 1. The summed E-state index contributed by atoms with van der Waals surface area (Å²) < 4.78 is 5.56. The second-order valence-corrected chi connectivity index (χ2v) is 9.17. The molecule has 0 bridgehead atoms. The van der Waals surface area contributed by atoms with E-state index in [1.54, 1.807) is 7.05 Å². The monoisotopic (exact) mass is 549 g/mol. The van der Waals surface area contributed by atoms with Gasteiger partial charge in [0.2, 0.25) is 5.91 Å². The number of morpholine rings is 1. The first-order valence-electron chi connectivity index (χ1n) is 10.6. The van der Waals surface area contributed by atoms with E-state index < -0.39 is 0 Å². The molecular weight excluding hydrogens is 513 g/mol. The molecule has 170 valence electrons. The Morgan fingerprint density at radius 1 is 1.27 bits per heavy atom. The highest BCUT2D eigenvalue weighted by Crippen LogP contribution is 2.28. The molecule has 2 aliphatic rings. The number of rotatable bonds is 6. The summed E-state index contributed by atoms with van der Waals surface area (Å²) in [5, 5.41) is 6.37. The summed E-state index contributed by atoms with van der Waals surface area (Å²) in [6, 6.07) is 4.80. The minimum atomic E-state index is 0. The maximum atomic E-state index is 11.6. The Bertz CT molecular complexity index is 685. The third-order valence-electron chi connectivity index (χ3n) is 5.91. The molecule has 1 amide bonds. The Morgan fingerprint density at radius 3 is 2.53 bits per heavy atom. The highest BCUT2D eigenvalue weighted by Gasteiger charge is 2.26. The van der Waals surface area contributed by atoms with E-state index in [0.29, 0.717) is 18.4 Å². The molecule has 9 heteroatoms. The summed E-state index contributed by atoms with van der Waals surface area (Å²) in [6.07, 6.45) is 2.70. The molecule has 3 heterocycles. The zero-order valence-corrected chi connectivity index (χ0v) is 21.5. The van der Waals surface area contributed by atoms with Crippen LogP contribution in [0, 0.1) is 12.8 Å². The van der Waals surface area contributed by atoms with Gasteiger partial charge in [0.15, 0.2) is 5.96 Å². The van der Waals surface area contributed by atoms with E-state index in [1.807, 2.05) is 18.4 Å². The quantitative estimate of drug-likeness (QED) is 0.324. The number of likely N-dealkylation sites (tertiary alicyclic amines) is 1. The summed E-state index contributed by atoms with van der Waals surface area (Å²) in [4.78, 5) is 23.8. The molecule has 1 atom stereocenters. The lowest BCUT2D eigenvalue weighted by molar-refractivity contribution is -0.121. The number of carbonyl (C=O) groups is 1. The van der Waals surface area contributed by atoms with E-state index in [4.69, 9.17) is 4.74 Å². The molecule has 2 saturated heterocycles. The molecule has 3 rings (SSSR count). The van der Waals surface area contributed by atoms with E-state index in [1.165, 1.54) is 9.75 Å². The van der Waals surface area contributed by atoms with Crippen molar-refractivity contribution in [3.8, 4) is 0 Å². The third kappa shape index (κ3) is 7.06. The van der Waals surface area contributed by atoms with Gasteiger partial charge < -0.3 is 20.3 Å². The lowest BCUT2D eigenvalue weighted by Gasteiger charge is -2.37. The van der Waals surface area contributed by atoms with Crippen molar-refractivity contribution in [2.75, 3.05) is 60.0 Å². The van der Waals surface area contributed by atoms with E-state index >= 15 is 0 Å². The summed E-state index contributed by atoms with van der Waals surface area (Å²) in [7, 11) is 3.57. The van der Waals surface area contributed by atoms with Crippen molar-refractivity contribution in [1.29, 1.82) is 0 Å². The second-order valence-electron chi connectivity index (χ2n) is 7.85. The van der Waals surface area contributed by atoms with Crippen LogP contribution in [0.1, 0.15) is 35.1 Å². The van der Waals surface area contributed by atoms with Gasteiger partial charge in [-0.05, 0) is 37.8 Å². The predicted octanol–water partition coefficient (Wildman–Crippen LogP) is 2.47. The highest BCUT2D eigenvalue weighted by atomic mass is 127. The second kappa shape index (κ2) is 12.8. The third-order valence-corrected chi connectivity index (χ3v) is 7.01. The lowest BCUT2D eigenvalue weighted by atomic mass is 9.93. The van der Waals surface area contributed by atoms with Gasteiger partial charge >= 0.3 is 0 Å². The van der Waals surface area contributed by atoms with Gasteiger partial charge in [0.05, 0.1) is 19.3 Å². The Hall–Kier alpha value is -0.910. The van der Waals surface area contributed by atoms with Gasteiger partial charge in [-0.2, -0.15) is 0 Å². The van der Waals surface area contributed by atoms with Crippen LogP contribution in [0.2, 0.25) is 0 Å². The molecule has 2 fully saturated rings. The summed E-state index contributed by atoms with van der Waals surface area (Å²) in [5.41, 5.74) is 0. The SMILES string of the molecule is CN=C(NCC(c1ccc(C)s1)N1CCOCC1)N1CCC(CC(=O)NC)CC1.I. The van der Waals surface area contributed by atoms with Gasteiger partial charge in [0, 0.05) is 63.0 Å². The van der Waals surface area contributed by atoms with Crippen LogP contribution in [-0.4, -0.2) is 81.7 Å². The van der Waals surface area contributed by atoms with Crippen LogP contribution >= 0.6 is 35.3 Å². The maximum Gasteiger partial charge on any atom is 0.220 e. The Balaban J connectivity index is 0.00000320. The van der Waals surface area contributed by atoms with E-state index in [0.717, 1.165) is 64.7 Å². The maximum absolute atomic E-state index is 11.6. The van der Waals surface area contributed by atoms with Gasteiger partial charge in [-0.1, -0.05) is 0 Å². The van der Waals surface area contributed by atoms with Crippen molar-refractivity contribution < 1.29 is 9.53 Å². The molecule has 7 nitrogen and oxygen atoms in total. The Kier molecular flexibility index (Phi) is 10.8. The summed E-state index contributed by atoms with van der Waals surface area (Å²) >= 11 is 1.88. The van der Waals surface area contributed by atoms with Gasteiger partial charge in [0.1, 0.15) is 0 Å². The minimum absolute atomic E-state index is 0. The fourth-order valence-corrected chi connectivity index (χ4v) is 5.18. The number of aryl methyl sites for hydroxylation is 1. The molecule has 0 aliphatic carbocycles. The molecule has 0 spiro atoms. The molecular formula is C21H36IN5O2S. The van der Waals surface area contributed by atoms with Gasteiger partial charge in [-0.3, -0.25) is 14.7 Å². The number of ether oxygens (including phenoxy) is 1. The first-order valence-corrected chi connectivity index (χ1v) is 11.5. The topological polar surface area (TPSA) is 69.2 Å². The number of nitrogens with one attached hydrogen (secondary N) is 2. The van der Waals surface area contributed by atoms with E-state index in [2.05, 4.69) is 44.5 Å². The number of nitrogens with zero attached hydrogens (tertiary/aromatic N) is 3. The van der Waals surface area contributed by atoms with Crippen molar-refractivity contribution in [2.24, 2.45) is 10.9 Å². The lowest BCUT2D eigenvalue weighted by Crippen LogP contribution is -2.49. The number of amides is 1. The van der Waals surface area contributed by atoms with Crippen molar-refractivity contribution in [2.45, 2.75) is 32.2 Å². The van der Waals surface area contributed by atoms with E-state index in [-0.39, 0.29) is 29.9 Å². The van der Waals surface area contributed by atoms with E-state index in [9.17, 15) is 4.79 Å². The van der Waals surface area contributed by atoms with Gasteiger partial charge in [0.25, 0.3) is 0 Å². The zero-order chi connectivity index (χ0) is 20.6. The predicted molar refractivity (Wildman–Crippen MR) is 134 cm³/mol. The normalized spacial score (nSPS) is 19.8. The first-order chi connectivity index (χ1) is 14.1. The number of hydrogen-bond acceptors (Lipinski definition) is 5. The van der Waals surface area contributed by atoms with Crippen molar-refractivity contribution in [3.63, 3.8) is 0 Å². The number of piperidine rings is 1. The van der Waals surface area contributed by atoms with Gasteiger partial charge in [-0.15, -0.1) is 35.3 Å². The molecule has 30 heavy (non-hydrogen) atoms. The number of thiophene rings is 1. The van der Waals surface area contributed by atoms with Crippen LogP contribution < -0.4 is 10.6 Å². The molecule has 0 radical (unpaired) electrons.